The fourth-order valence-corrected chi connectivity index (χ4v) is 4.04. The van der Waals surface area contributed by atoms with Gasteiger partial charge in [0.05, 0.1) is 18.0 Å². The van der Waals surface area contributed by atoms with Crippen molar-refractivity contribution >= 4 is 17.6 Å². The lowest BCUT2D eigenvalue weighted by atomic mass is 9.96. The maximum atomic E-state index is 12.9. The molecule has 1 amide bonds. The second kappa shape index (κ2) is 11.5. The predicted octanol–water partition coefficient (Wildman–Crippen LogP) is 7.02. The van der Waals surface area contributed by atoms with Crippen molar-refractivity contribution in [3.63, 3.8) is 0 Å². The number of alkyl halides is 3. The molecule has 0 bridgehead atoms. The minimum Gasteiger partial charge on any atom is -0.481 e. The topological polar surface area (TPSA) is 82.8 Å². The largest absolute Gasteiger partial charge is 0.481 e. The van der Waals surface area contributed by atoms with Crippen molar-refractivity contribution in [1.82, 2.24) is 4.90 Å². The summed E-state index contributed by atoms with van der Waals surface area (Å²) in [6.45, 7) is 6.13. The molecule has 0 spiro atoms. The third-order valence-electron chi connectivity index (χ3n) is 6.02. The van der Waals surface area contributed by atoms with Crippen LogP contribution in [0.2, 0.25) is 0 Å². The Bertz CT molecular complexity index is 1220. The van der Waals surface area contributed by atoms with Crippen molar-refractivity contribution in [3.05, 3.63) is 77.0 Å². The molecule has 9 heteroatoms. The summed E-state index contributed by atoms with van der Waals surface area (Å²) in [6.07, 6.45) is -3.76. The van der Waals surface area contributed by atoms with Crippen molar-refractivity contribution in [2.45, 2.75) is 45.8 Å². The summed E-state index contributed by atoms with van der Waals surface area (Å²) in [5.74, 6) is 0.261. The second-order valence-electron chi connectivity index (χ2n) is 9.47. The first-order valence-electron chi connectivity index (χ1n) is 12.0. The predicted molar refractivity (Wildman–Crippen MR) is 135 cm³/mol. The highest BCUT2D eigenvalue weighted by Gasteiger charge is 2.30. The molecule has 2 N–H and O–H groups in total. The van der Waals surface area contributed by atoms with Gasteiger partial charge < -0.3 is 19.7 Å². The molecular formula is C28H31F3N2O4. The number of carbonyl (C=O) groups is 2. The van der Waals surface area contributed by atoms with Gasteiger partial charge in [-0.3, -0.25) is 9.59 Å². The van der Waals surface area contributed by atoms with E-state index in [0.717, 1.165) is 29.8 Å². The second-order valence-corrected chi connectivity index (χ2v) is 9.47. The number of nitrogens with zero attached hydrogens (tertiary/aromatic N) is 1. The van der Waals surface area contributed by atoms with Gasteiger partial charge in [0.1, 0.15) is 11.5 Å². The number of amides is 1. The van der Waals surface area contributed by atoms with Crippen LogP contribution in [0.1, 0.15) is 60.0 Å². The van der Waals surface area contributed by atoms with E-state index >= 15 is 0 Å². The highest BCUT2D eigenvalue weighted by Crippen LogP contribution is 2.35. The van der Waals surface area contributed by atoms with Gasteiger partial charge >= 0.3 is 12.1 Å². The average Bonchev–Trinajstić information content (AvgIpc) is 3.23. The summed E-state index contributed by atoms with van der Waals surface area (Å²) in [4.78, 5) is 24.7. The number of aryl methyl sites for hydroxylation is 1. The smallest absolute Gasteiger partial charge is 0.416 e. The fraction of sp³-hybridized carbons (Fsp3) is 0.357. The van der Waals surface area contributed by atoms with Crippen LogP contribution < -0.4 is 5.32 Å². The van der Waals surface area contributed by atoms with E-state index in [0.29, 0.717) is 28.6 Å². The summed E-state index contributed by atoms with van der Waals surface area (Å²) in [5, 5.41) is 12.3. The van der Waals surface area contributed by atoms with Crippen LogP contribution in [0.3, 0.4) is 0 Å². The number of aliphatic carboxylic acids is 1. The maximum absolute atomic E-state index is 12.9. The van der Waals surface area contributed by atoms with Crippen molar-refractivity contribution in [2.24, 2.45) is 5.92 Å². The number of carbonyl (C=O) groups excluding carboxylic acids is 1. The summed E-state index contributed by atoms with van der Waals surface area (Å²) in [7, 11) is 1.56. The Morgan fingerprint density at radius 2 is 1.68 bits per heavy atom. The summed E-state index contributed by atoms with van der Waals surface area (Å²) in [6, 6.07) is 13.6. The summed E-state index contributed by atoms with van der Waals surface area (Å²) >= 11 is 0. The molecule has 0 saturated carbocycles. The van der Waals surface area contributed by atoms with E-state index in [-0.39, 0.29) is 24.9 Å². The van der Waals surface area contributed by atoms with E-state index in [1.54, 1.807) is 31.3 Å². The molecule has 0 aliphatic rings. The van der Waals surface area contributed by atoms with Gasteiger partial charge in [-0.1, -0.05) is 26.0 Å². The molecular weight excluding hydrogens is 485 g/mol. The number of carboxylic acids is 1. The van der Waals surface area contributed by atoms with Gasteiger partial charge in [-0.2, -0.15) is 13.2 Å². The minimum atomic E-state index is -4.40. The number of benzene rings is 2. The molecule has 1 heterocycles. The van der Waals surface area contributed by atoms with E-state index in [4.69, 9.17) is 9.52 Å². The molecule has 0 saturated heterocycles. The Labute approximate surface area is 214 Å². The summed E-state index contributed by atoms with van der Waals surface area (Å²) < 4.78 is 44.7. The minimum absolute atomic E-state index is 0.117. The lowest BCUT2D eigenvalue weighted by Crippen LogP contribution is -2.29. The molecule has 1 unspecified atom stereocenters. The average molecular weight is 517 g/mol. The molecule has 1 aromatic heterocycles. The number of nitrogens with one attached hydrogen (secondary N) is 1. The van der Waals surface area contributed by atoms with Gasteiger partial charge in [0, 0.05) is 36.0 Å². The van der Waals surface area contributed by atoms with E-state index < -0.39 is 17.7 Å². The van der Waals surface area contributed by atoms with Gasteiger partial charge in [0.25, 0.3) is 5.91 Å². The van der Waals surface area contributed by atoms with Crippen LogP contribution in [-0.2, 0) is 11.0 Å². The number of carboxylic acid groups (broad SMARTS) is 1. The molecule has 0 aliphatic carbocycles. The first-order chi connectivity index (χ1) is 17.3. The van der Waals surface area contributed by atoms with Gasteiger partial charge in [-0.15, -0.1) is 0 Å². The Morgan fingerprint density at radius 3 is 2.22 bits per heavy atom. The molecule has 2 aromatic carbocycles. The normalized spacial score (nSPS) is 12.4. The van der Waals surface area contributed by atoms with Gasteiger partial charge in [0.2, 0.25) is 0 Å². The number of rotatable bonds is 10. The zero-order valence-corrected chi connectivity index (χ0v) is 21.2. The number of hydrogen-bond donors (Lipinski definition) is 2. The first-order valence-corrected chi connectivity index (χ1v) is 12.0. The van der Waals surface area contributed by atoms with Gasteiger partial charge in [0.15, 0.2) is 0 Å². The van der Waals surface area contributed by atoms with Crippen molar-refractivity contribution in [3.8, 4) is 11.3 Å². The molecule has 0 fully saturated rings. The highest BCUT2D eigenvalue weighted by molar-refractivity contribution is 5.94. The quantitative estimate of drug-likeness (QED) is 0.303. The molecule has 198 valence electrons. The Hall–Kier alpha value is -3.75. The van der Waals surface area contributed by atoms with Crippen LogP contribution in [-0.4, -0.2) is 35.5 Å². The molecule has 3 rings (SSSR count). The lowest BCUT2D eigenvalue weighted by molar-refractivity contribution is -0.138. The number of hydrogen-bond acceptors (Lipinski definition) is 4. The van der Waals surface area contributed by atoms with Crippen LogP contribution >= 0.6 is 0 Å². The van der Waals surface area contributed by atoms with Crippen LogP contribution in [0, 0.1) is 12.8 Å². The van der Waals surface area contributed by atoms with Gasteiger partial charge in [-0.25, -0.2) is 0 Å². The number of furan rings is 1. The Balaban J connectivity index is 1.79. The van der Waals surface area contributed by atoms with Crippen LogP contribution in [0.4, 0.5) is 18.9 Å². The van der Waals surface area contributed by atoms with Crippen LogP contribution in [0.25, 0.3) is 11.3 Å². The van der Waals surface area contributed by atoms with Crippen LogP contribution in [0.5, 0.6) is 0 Å². The monoisotopic (exact) mass is 516 g/mol. The summed E-state index contributed by atoms with van der Waals surface area (Å²) in [5.41, 5.74) is 1.97. The third-order valence-corrected chi connectivity index (χ3v) is 6.02. The standard InChI is InChI=1S/C28H31F3N2O4/c1-17(2)15-24(32-22-11-7-20(8-12-22)27(36)33(4)14-13-26(34)35)23-16-25(37-18(23)3)19-5-9-21(10-6-19)28(29,30)31/h5-12,16-17,24,32H,13-15H2,1-4H3,(H,34,35). The van der Waals surface area contributed by atoms with E-state index in [2.05, 4.69) is 19.2 Å². The lowest BCUT2D eigenvalue weighted by Gasteiger charge is -2.22. The molecule has 0 aliphatic heterocycles. The Morgan fingerprint density at radius 1 is 1.05 bits per heavy atom. The maximum Gasteiger partial charge on any atom is 0.416 e. The van der Waals surface area contributed by atoms with Crippen molar-refractivity contribution < 1.29 is 32.3 Å². The van der Waals surface area contributed by atoms with E-state index in [9.17, 15) is 22.8 Å². The van der Waals surface area contributed by atoms with E-state index in [1.807, 2.05) is 13.0 Å². The van der Waals surface area contributed by atoms with Gasteiger partial charge in [-0.05, 0) is 61.7 Å². The number of anilines is 1. The third kappa shape index (κ3) is 7.38. The molecule has 37 heavy (non-hydrogen) atoms. The zero-order chi connectivity index (χ0) is 27.3. The Kier molecular flexibility index (Phi) is 8.68. The van der Waals surface area contributed by atoms with Crippen molar-refractivity contribution in [2.75, 3.05) is 18.9 Å². The van der Waals surface area contributed by atoms with Crippen LogP contribution in [0.15, 0.2) is 59.0 Å². The highest BCUT2D eigenvalue weighted by atomic mass is 19.4. The molecule has 3 aromatic rings. The SMILES string of the molecule is Cc1oc(-c2ccc(C(F)(F)F)cc2)cc1C(CC(C)C)Nc1ccc(C(=O)N(C)CCC(=O)O)cc1. The molecule has 0 radical (unpaired) electrons. The molecule has 1 atom stereocenters. The fourth-order valence-electron chi connectivity index (χ4n) is 4.04. The first kappa shape index (κ1) is 27.8. The number of halogens is 3. The van der Waals surface area contributed by atoms with E-state index in [1.165, 1.54) is 17.0 Å². The zero-order valence-electron chi connectivity index (χ0n) is 21.2. The molecule has 6 nitrogen and oxygen atoms in total. The van der Waals surface area contributed by atoms with Crippen molar-refractivity contribution in [1.29, 1.82) is 0 Å².